The standard InChI is InChI=1S/C40H50/c1-22(2)32-18-33(31-16-24(5)15-25(6)17-31)27(8)36-28(9)37-30(11)40(14)29(10)35(23(3)4)26(7)19-39(40,13)21-38(37,12)20-34(32)36/h15-18,22H,3,9-10,19-21H2,1-2,4-8,11-14H3/t38-,39+,40-/m1/s1. The van der Waals surface area contributed by atoms with Crippen LogP contribution in [0.5, 0.6) is 0 Å². The van der Waals surface area contributed by atoms with Crippen molar-refractivity contribution in [3.8, 4) is 11.1 Å². The second-order valence-electron chi connectivity index (χ2n) is 14.7. The van der Waals surface area contributed by atoms with Crippen molar-refractivity contribution in [3.05, 3.63) is 111 Å². The Labute approximate surface area is 244 Å². The number of fused-ring (bicyclic) bond motifs is 3. The predicted molar refractivity (Wildman–Crippen MR) is 176 cm³/mol. The number of benzene rings is 2. The molecule has 0 spiro atoms. The van der Waals surface area contributed by atoms with Crippen molar-refractivity contribution in [2.75, 3.05) is 0 Å². The Morgan fingerprint density at radius 1 is 0.875 bits per heavy atom. The second kappa shape index (κ2) is 9.07. The van der Waals surface area contributed by atoms with Gasteiger partial charge in [0.05, 0.1) is 0 Å². The molecule has 0 saturated carbocycles. The van der Waals surface area contributed by atoms with Crippen LogP contribution in [0.25, 0.3) is 16.7 Å². The van der Waals surface area contributed by atoms with E-state index >= 15 is 0 Å². The van der Waals surface area contributed by atoms with Crippen molar-refractivity contribution in [2.24, 2.45) is 16.2 Å². The van der Waals surface area contributed by atoms with Gasteiger partial charge in [0, 0.05) is 5.41 Å². The third-order valence-electron chi connectivity index (χ3n) is 11.2. The van der Waals surface area contributed by atoms with Gasteiger partial charge in [0.2, 0.25) is 0 Å². The first-order valence-corrected chi connectivity index (χ1v) is 15.2. The lowest BCUT2D eigenvalue weighted by Crippen LogP contribution is -2.52. The Hall–Kier alpha value is -2.86. The molecule has 3 atom stereocenters. The summed E-state index contributed by atoms with van der Waals surface area (Å²) in [7, 11) is 0. The molecule has 0 unspecified atom stereocenters. The fourth-order valence-corrected chi connectivity index (χ4v) is 9.57. The molecule has 0 saturated heterocycles. The molecule has 0 aliphatic heterocycles. The molecule has 5 rings (SSSR count). The van der Waals surface area contributed by atoms with Crippen LogP contribution in [-0.4, -0.2) is 0 Å². The van der Waals surface area contributed by atoms with Gasteiger partial charge in [-0.3, -0.25) is 0 Å². The van der Waals surface area contributed by atoms with E-state index in [1.54, 1.807) is 0 Å². The molecule has 0 heterocycles. The van der Waals surface area contributed by atoms with Gasteiger partial charge >= 0.3 is 0 Å². The Kier molecular flexibility index (Phi) is 6.50. The first kappa shape index (κ1) is 28.7. The van der Waals surface area contributed by atoms with E-state index in [1.807, 2.05) is 0 Å². The fourth-order valence-electron chi connectivity index (χ4n) is 9.57. The molecule has 0 radical (unpaired) electrons. The fraction of sp³-hybridized carbons (Fsp3) is 0.450. The molecule has 0 bridgehead atoms. The minimum Gasteiger partial charge on any atom is -0.0955 e. The van der Waals surface area contributed by atoms with E-state index in [0.29, 0.717) is 5.92 Å². The summed E-state index contributed by atoms with van der Waals surface area (Å²) in [5, 5.41) is 0. The molecule has 3 aliphatic rings. The normalized spacial score (nSPS) is 28.1. The molecule has 2 aromatic carbocycles. The van der Waals surface area contributed by atoms with Gasteiger partial charge in [-0.15, -0.1) is 0 Å². The highest BCUT2D eigenvalue weighted by atomic mass is 14.6. The van der Waals surface area contributed by atoms with Crippen molar-refractivity contribution >= 4 is 5.57 Å². The van der Waals surface area contributed by atoms with Crippen LogP contribution in [-0.2, 0) is 6.42 Å². The summed E-state index contributed by atoms with van der Waals surface area (Å²) in [4.78, 5) is 0. The van der Waals surface area contributed by atoms with Crippen LogP contribution in [0.3, 0.4) is 0 Å². The summed E-state index contributed by atoms with van der Waals surface area (Å²) < 4.78 is 0. The molecule has 0 heteroatoms. The SMILES string of the molecule is C=C(C)C1=C(C)C[C@@]2(C)C[C@@]3(C)Cc4c(C(C)C)cc(-c5cc(C)cc(C)c5)c(C)c4C(=C)C3=C(C)[C@@]2(C)C1=C. The van der Waals surface area contributed by atoms with E-state index in [-0.39, 0.29) is 16.2 Å². The zero-order valence-corrected chi connectivity index (χ0v) is 27.1. The van der Waals surface area contributed by atoms with Gasteiger partial charge in [-0.1, -0.05) is 106 Å². The molecule has 0 aromatic heterocycles. The number of rotatable bonds is 3. The van der Waals surface area contributed by atoms with Gasteiger partial charge in [0.25, 0.3) is 0 Å². The Morgan fingerprint density at radius 3 is 2.02 bits per heavy atom. The number of hydrogen-bond acceptors (Lipinski definition) is 0. The molecule has 0 amide bonds. The Balaban J connectivity index is 1.81. The molecular formula is C40H50. The minimum absolute atomic E-state index is 0.0429. The van der Waals surface area contributed by atoms with E-state index < -0.39 is 0 Å². The van der Waals surface area contributed by atoms with Gasteiger partial charge < -0.3 is 0 Å². The zero-order valence-electron chi connectivity index (χ0n) is 27.1. The van der Waals surface area contributed by atoms with E-state index in [0.717, 1.165) is 24.8 Å². The molecule has 3 aliphatic carbocycles. The van der Waals surface area contributed by atoms with E-state index in [4.69, 9.17) is 13.2 Å². The Morgan fingerprint density at radius 2 is 1.48 bits per heavy atom. The van der Waals surface area contributed by atoms with Gasteiger partial charge in [-0.05, 0) is 133 Å². The molecule has 2 aromatic rings. The van der Waals surface area contributed by atoms with Crippen molar-refractivity contribution in [3.63, 3.8) is 0 Å². The van der Waals surface area contributed by atoms with Crippen molar-refractivity contribution in [2.45, 2.75) is 101 Å². The lowest BCUT2D eigenvalue weighted by atomic mass is 9.41. The number of hydrogen-bond donors (Lipinski definition) is 0. The smallest absolute Gasteiger partial charge is 0.0194 e. The maximum atomic E-state index is 4.94. The van der Waals surface area contributed by atoms with Gasteiger partial charge in [0.15, 0.2) is 0 Å². The topological polar surface area (TPSA) is 0 Å². The molecule has 0 fully saturated rings. The summed E-state index contributed by atoms with van der Waals surface area (Å²) in [6.07, 6.45) is 3.30. The minimum atomic E-state index is -0.129. The maximum Gasteiger partial charge on any atom is 0.0194 e. The second-order valence-corrected chi connectivity index (χ2v) is 14.7. The third kappa shape index (κ3) is 3.78. The lowest BCUT2D eigenvalue weighted by Gasteiger charge is -2.62. The van der Waals surface area contributed by atoms with Crippen molar-refractivity contribution in [1.29, 1.82) is 0 Å². The highest BCUT2D eigenvalue weighted by Crippen LogP contribution is 2.70. The van der Waals surface area contributed by atoms with Crippen LogP contribution in [0.2, 0.25) is 0 Å². The van der Waals surface area contributed by atoms with Crippen LogP contribution >= 0.6 is 0 Å². The van der Waals surface area contributed by atoms with Crippen molar-refractivity contribution in [1.82, 2.24) is 0 Å². The lowest BCUT2D eigenvalue weighted by molar-refractivity contribution is 0.0543. The summed E-state index contributed by atoms with van der Waals surface area (Å²) in [6, 6.07) is 9.47. The average molecular weight is 531 g/mol. The number of allylic oxidation sites excluding steroid dienone is 7. The average Bonchev–Trinajstić information content (AvgIpc) is 2.80. The maximum absolute atomic E-state index is 4.94. The van der Waals surface area contributed by atoms with Gasteiger partial charge in [-0.25, -0.2) is 0 Å². The first-order chi connectivity index (χ1) is 18.5. The summed E-state index contributed by atoms with van der Waals surface area (Å²) in [5.41, 5.74) is 20.4. The quantitative estimate of drug-likeness (QED) is 0.370. The predicted octanol–water partition coefficient (Wildman–Crippen LogP) is 11.6. The van der Waals surface area contributed by atoms with Crippen LogP contribution in [0.4, 0.5) is 0 Å². The van der Waals surface area contributed by atoms with Crippen LogP contribution in [0.1, 0.15) is 108 Å². The van der Waals surface area contributed by atoms with Crippen molar-refractivity contribution < 1.29 is 0 Å². The molecule has 40 heavy (non-hydrogen) atoms. The molecular weight excluding hydrogens is 480 g/mol. The Bertz CT molecular complexity index is 1560. The highest BCUT2D eigenvalue weighted by molar-refractivity contribution is 5.90. The summed E-state index contributed by atoms with van der Waals surface area (Å²) in [5.74, 6) is 0.448. The summed E-state index contributed by atoms with van der Waals surface area (Å²) in [6.45, 7) is 39.9. The van der Waals surface area contributed by atoms with Crippen LogP contribution < -0.4 is 0 Å². The van der Waals surface area contributed by atoms with Gasteiger partial charge in [0.1, 0.15) is 0 Å². The van der Waals surface area contributed by atoms with E-state index in [2.05, 4.69) is 107 Å². The summed E-state index contributed by atoms with van der Waals surface area (Å²) >= 11 is 0. The first-order valence-electron chi connectivity index (χ1n) is 15.2. The van der Waals surface area contributed by atoms with E-state index in [9.17, 15) is 0 Å². The molecule has 210 valence electrons. The highest BCUT2D eigenvalue weighted by Gasteiger charge is 2.59. The third-order valence-corrected chi connectivity index (χ3v) is 11.2. The van der Waals surface area contributed by atoms with Crippen LogP contribution in [0.15, 0.2) is 77.4 Å². The zero-order chi connectivity index (χ0) is 29.7. The largest absolute Gasteiger partial charge is 0.0955 e. The molecule has 0 nitrogen and oxygen atoms in total. The monoisotopic (exact) mass is 530 g/mol. The van der Waals surface area contributed by atoms with Gasteiger partial charge in [-0.2, -0.15) is 0 Å². The van der Waals surface area contributed by atoms with E-state index in [1.165, 1.54) is 77.9 Å². The molecule has 0 N–H and O–H groups in total. The number of aryl methyl sites for hydroxylation is 2. The van der Waals surface area contributed by atoms with Crippen LogP contribution in [0, 0.1) is 37.0 Å².